The summed E-state index contributed by atoms with van der Waals surface area (Å²) in [7, 11) is 0. The van der Waals surface area contributed by atoms with Gasteiger partial charge in [-0.25, -0.2) is 4.79 Å². The molecule has 0 unspecified atom stereocenters. The summed E-state index contributed by atoms with van der Waals surface area (Å²) in [4.78, 5) is 36.0. The average Bonchev–Trinajstić information content (AvgIpc) is 3.00. The van der Waals surface area contributed by atoms with E-state index in [1.807, 2.05) is 0 Å². The number of unbranched alkanes of at least 4 members (excludes halogenated alkanes) is 1. The SMILES string of the molecule is N[C@@H](CS)C(=O)N1C(=O)N[C@@H]2[C@H](CCCCC(=O)O)SC[C@@H]21. The molecule has 2 rings (SSSR count). The smallest absolute Gasteiger partial charge is 0.324 e. The highest BCUT2D eigenvalue weighted by Crippen LogP contribution is 2.37. The minimum atomic E-state index is -0.788. The Balaban J connectivity index is 1.91. The second-order valence-electron chi connectivity index (χ2n) is 5.55. The van der Waals surface area contributed by atoms with Crippen molar-refractivity contribution in [1.29, 1.82) is 0 Å². The largest absolute Gasteiger partial charge is 0.481 e. The van der Waals surface area contributed by atoms with Crippen molar-refractivity contribution in [3.8, 4) is 0 Å². The highest BCUT2D eigenvalue weighted by atomic mass is 32.2. The molecule has 0 saturated carbocycles. The number of carboxylic acids is 1. The maximum absolute atomic E-state index is 12.2. The summed E-state index contributed by atoms with van der Waals surface area (Å²) in [5.41, 5.74) is 5.69. The first kappa shape index (κ1) is 17.4. The van der Waals surface area contributed by atoms with Crippen LogP contribution in [0.2, 0.25) is 0 Å². The number of thiol groups is 1. The third-order valence-corrected chi connectivity index (χ3v) is 5.90. The van der Waals surface area contributed by atoms with Crippen LogP contribution in [0.5, 0.6) is 0 Å². The van der Waals surface area contributed by atoms with Gasteiger partial charge in [0.15, 0.2) is 0 Å². The summed E-state index contributed by atoms with van der Waals surface area (Å²) in [5.74, 6) is -0.278. The number of hydrogen-bond acceptors (Lipinski definition) is 6. The summed E-state index contributed by atoms with van der Waals surface area (Å²) in [6.45, 7) is 0. The number of nitrogens with two attached hydrogens (primary N) is 1. The van der Waals surface area contributed by atoms with Crippen molar-refractivity contribution in [2.45, 2.75) is 49.1 Å². The van der Waals surface area contributed by atoms with Crippen molar-refractivity contribution in [2.75, 3.05) is 11.5 Å². The summed E-state index contributed by atoms with van der Waals surface area (Å²) < 4.78 is 0. The van der Waals surface area contributed by atoms with Crippen LogP contribution in [-0.4, -0.2) is 62.8 Å². The van der Waals surface area contributed by atoms with Crippen molar-refractivity contribution in [1.82, 2.24) is 10.2 Å². The Morgan fingerprint density at radius 2 is 2.23 bits per heavy atom. The van der Waals surface area contributed by atoms with Gasteiger partial charge < -0.3 is 16.2 Å². The molecule has 2 aliphatic heterocycles. The second kappa shape index (κ2) is 7.56. The molecule has 22 heavy (non-hydrogen) atoms. The quantitative estimate of drug-likeness (QED) is 0.299. The molecule has 0 aromatic rings. The average molecular weight is 347 g/mol. The lowest BCUT2D eigenvalue weighted by molar-refractivity contribution is -0.137. The number of carboxylic acid groups (broad SMARTS) is 1. The highest BCUT2D eigenvalue weighted by molar-refractivity contribution is 8.00. The van der Waals surface area contributed by atoms with Gasteiger partial charge in [0.1, 0.15) is 0 Å². The predicted molar refractivity (Wildman–Crippen MR) is 87.1 cm³/mol. The molecule has 0 bridgehead atoms. The zero-order valence-electron chi connectivity index (χ0n) is 12.1. The van der Waals surface area contributed by atoms with Gasteiger partial charge in [0, 0.05) is 23.2 Å². The second-order valence-corrected chi connectivity index (χ2v) is 7.19. The molecule has 0 aromatic heterocycles. The van der Waals surface area contributed by atoms with Crippen LogP contribution in [-0.2, 0) is 9.59 Å². The number of fused-ring (bicyclic) bond motifs is 1. The van der Waals surface area contributed by atoms with Crippen LogP contribution in [0.4, 0.5) is 4.79 Å². The lowest BCUT2D eigenvalue weighted by atomic mass is 10.0. The van der Waals surface area contributed by atoms with Crippen LogP contribution >= 0.6 is 24.4 Å². The van der Waals surface area contributed by atoms with Gasteiger partial charge in [-0.3, -0.25) is 14.5 Å². The van der Waals surface area contributed by atoms with E-state index in [1.165, 1.54) is 4.90 Å². The van der Waals surface area contributed by atoms with Crippen LogP contribution in [0.1, 0.15) is 25.7 Å². The monoisotopic (exact) mass is 347 g/mol. The molecule has 0 spiro atoms. The van der Waals surface area contributed by atoms with Gasteiger partial charge in [-0.05, 0) is 12.8 Å². The topological polar surface area (TPSA) is 113 Å². The molecule has 2 saturated heterocycles. The van der Waals surface area contributed by atoms with E-state index in [0.717, 1.165) is 12.8 Å². The number of nitrogens with one attached hydrogen (secondary N) is 1. The van der Waals surface area contributed by atoms with Gasteiger partial charge in [-0.15, -0.1) is 0 Å². The molecule has 9 heteroatoms. The van der Waals surface area contributed by atoms with E-state index in [9.17, 15) is 14.4 Å². The van der Waals surface area contributed by atoms with Gasteiger partial charge in [0.05, 0.1) is 18.1 Å². The van der Waals surface area contributed by atoms with Gasteiger partial charge in [0.25, 0.3) is 0 Å². The number of thioether (sulfide) groups is 1. The van der Waals surface area contributed by atoms with E-state index < -0.39 is 12.0 Å². The Kier molecular flexibility index (Phi) is 5.99. The Morgan fingerprint density at radius 3 is 2.86 bits per heavy atom. The Morgan fingerprint density at radius 1 is 1.50 bits per heavy atom. The van der Waals surface area contributed by atoms with E-state index in [4.69, 9.17) is 10.8 Å². The van der Waals surface area contributed by atoms with E-state index in [-0.39, 0.29) is 41.4 Å². The van der Waals surface area contributed by atoms with Crippen LogP contribution in [0, 0.1) is 0 Å². The lowest BCUT2D eigenvalue weighted by Crippen LogP contribution is -2.50. The number of rotatable bonds is 7. The Hall–Kier alpha value is -0.930. The van der Waals surface area contributed by atoms with Crippen molar-refractivity contribution in [3.05, 3.63) is 0 Å². The van der Waals surface area contributed by atoms with Crippen molar-refractivity contribution in [3.63, 3.8) is 0 Å². The normalized spacial score (nSPS) is 28.4. The van der Waals surface area contributed by atoms with E-state index in [2.05, 4.69) is 17.9 Å². The number of carbonyl (C=O) groups is 3. The minimum absolute atomic E-state index is 0.0709. The van der Waals surface area contributed by atoms with Crippen molar-refractivity contribution < 1.29 is 19.5 Å². The molecule has 124 valence electrons. The van der Waals surface area contributed by atoms with Crippen LogP contribution in [0.3, 0.4) is 0 Å². The third kappa shape index (κ3) is 3.69. The minimum Gasteiger partial charge on any atom is -0.481 e. The highest BCUT2D eigenvalue weighted by Gasteiger charge is 2.50. The molecule has 0 radical (unpaired) electrons. The maximum Gasteiger partial charge on any atom is 0.324 e. The molecule has 2 fully saturated rings. The molecule has 7 nitrogen and oxygen atoms in total. The first-order valence-corrected chi connectivity index (χ1v) is 8.97. The van der Waals surface area contributed by atoms with Gasteiger partial charge in [0.2, 0.25) is 5.91 Å². The van der Waals surface area contributed by atoms with Crippen LogP contribution in [0.15, 0.2) is 0 Å². The molecule has 4 atom stereocenters. The summed E-state index contributed by atoms with van der Waals surface area (Å²) >= 11 is 5.73. The lowest BCUT2D eigenvalue weighted by Gasteiger charge is -2.22. The fraction of sp³-hybridized carbons (Fsp3) is 0.769. The van der Waals surface area contributed by atoms with Gasteiger partial charge in [-0.1, -0.05) is 6.42 Å². The molecule has 2 heterocycles. The van der Waals surface area contributed by atoms with E-state index in [1.54, 1.807) is 11.8 Å². The number of aliphatic carboxylic acids is 1. The molecule has 2 aliphatic rings. The third-order valence-electron chi connectivity index (χ3n) is 4.02. The zero-order valence-corrected chi connectivity index (χ0v) is 13.8. The van der Waals surface area contributed by atoms with Crippen LogP contribution < -0.4 is 11.1 Å². The van der Waals surface area contributed by atoms with Crippen LogP contribution in [0.25, 0.3) is 0 Å². The Bertz CT molecular complexity index is 463. The van der Waals surface area contributed by atoms with Gasteiger partial charge >= 0.3 is 12.0 Å². The van der Waals surface area contributed by atoms with Gasteiger partial charge in [-0.2, -0.15) is 24.4 Å². The summed E-state index contributed by atoms with van der Waals surface area (Å²) in [6.07, 6.45) is 2.43. The number of carbonyl (C=O) groups excluding carboxylic acids is 2. The maximum atomic E-state index is 12.2. The number of imide groups is 1. The number of nitrogens with zero attached hydrogens (tertiary/aromatic N) is 1. The first-order valence-electron chi connectivity index (χ1n) is 7.29. The fourth-order valence-electron chi connectivity index (χ4n) is 2.87. The molecule has 0 aromatic carbocycles. The Labute approximate surface area is 138 Å². The molecular weight excluding hydrogens is 326 g/mol. The number of amides is 3. The van der Waals surface area contributed by atoms with Crippen molar-refractivity contribution >= 4 is 42.3 Å². The molecular formula is C13H21N3O4S2. The number of urea groups is 1. The molecule has 3 amide bonds. The summed E-state index contributed by atoms with van der Waals surface area (Å²) in [6, 6.07) is -1.39. The summed E-state index contributed by atoms with van der Waals surface area (Å²) in [5, 5.41) is 11.7. The van der Waals surface area contributed by atoms with Crippen molar-refractivity contribution in [2.24, 2.45) is 5.73 Å². The fourth-order valence-corrected chi connectivity index (χ4v) is 4.62. The standard InChI is InChI=1S/C13H21N3O4S2/c14-7(5-21)12(19)16-8-6-22-9(11(8)15-13(16)20)3-1-2-4-10(17)18/h7-9,11,21H,1-6,14H2,(H,15,20)(H,17,18)/t7-,8-,9-,11-/m0/s1. The first-order chi connectivity index (χ1) is 10.5. The van der Waals surface area contributed by atoms with E-state index >= 15 is 0 Å². The predicted octanol–water partition coefficient (Wildman–Crippen LogP) is 0.293. The molecule has 0 aliphatic carbocycles. The van der Waals surface area contributed by atoms with E-state index in [0.29, 0.717) is 12.2 Å². The molecule has 4 N–H and O–H groups in total. The number of hydrogen-bond donors (Lipinski definition) is 4. The zero-order chi connectivity index (χ0) is 16.3.